The number of carbonyl (C=O) groups excluding carboxylic acids is 1. The summed E-state index contributed by atoms with van der Waals surface area (Å²) < 4.78 is 0. The Morgan fingerprint density at radius 3 is 2.70 bits per heavy atom. The number of hydrogen-bond acceptors (Lipinski definition) is 2. The molecule has 1 heterocycles. The molecule has 1 aromatic heterocycles. The zero-order valence-corrected chi connectivity index (χ0v) is 14.1. The van der Waals surface area contributed by atoms with Crippen LogP contribution in [0.3, 0.4) is 0 Å². The van der Waals surface area contributed by atoms with Gasteiger partial charge in [-0.3, -0.25) is 9.78 Å². The number of rotatable bonds is 4. The fourth-order valence-corrected chi connectivity index (χ4v) is 3.90. The van der Waals surface area contributed by atoms with Gasteiger partial charge in [0.25, 0.3) is 5.91 Å². The van der Waals surface area contributed by atoms with Crippen molar-refractivity contribution >= 4 is 16.8 Å². The second-order valence-electron chi connectivity index (χ2n) is 7.31. The molecular formula is C20H26N2O. The first-order valence-corrected chi connectivity index (χ1v) is 8.75. The fourth-order valence-electron chi connectivity index (χ4n) is 3.90. The van der Waals surface area contributed by atoms with E-state index in [0.717, 1.165) is 30.2 Å². The van der Waals surface area contributed by atoms with Crippen LogP contribution in [0.1, 0.15) is 62.7 Å². The highest BCUT2D eigenvalue weighted by Crippen LogP contribution is 2.34. The highest BCUT2D eigenvalue weighted by atomic mass is 16.1. The van der Waals surface area contributed by atoms with E-state index in [1.807, 2.05) is 30.3 Å². The first-order valence-electron chi connectivity index (χ1n) is 8.75. The molecule has 3 rings (SSSR count). The van der Waals surface area contributed by atoms with E-state index >= 15 is 0 Å². The van der Waals surface area contributed by atoms with Crippen LogP contribution in [0, 0.1) is 5.92 Å². The number of nitrogens with one attached hydrogen (secondary N) is 1. The van der Waals surface area contributed by atoms with Crippen molar-refractivity contribution in [2.75, 3.05) is 0 Å². The zero-order valence-electron chi connectivity index (χ0n) is 14.1. The summed E-state index contributed by atoms with van der Waals surface area (Å²) >= 11 is 0. The average molecular weight is 310 g/mol. The molecule has 0 saturated heterocycles. The van der Waals surface area contributed by atoms with E-state index in [1.54, 1.807) is 6.20 Å². The molecule has 0 unspecified atom stereocenters. The van der Waals surface area contributed by atoms with Gasteiger partial charge >= 0.3 is 0 Å². The van der Waals surface area contributed by atoms with E-state index in [4.69, 9.17) is 0 Å². The van der Waals surface area contributed by atoms with E-state index in [-0.39, 0.29) is 11.4 Å². The van der Waals surface area contributed by atoms with Crippen LogP contribution < -0.4 is 5.32 Å². The van der Waals surface area contributed by atoms with Gasteiger partial charge < -0.3 is 5.32 Å². The topological polar surface area (TPSA) is 42.0 Å². The van der Waals surface area contributed by atoms with Crippen molar-refractivity contribution in [2.24, 2.45) is 5.92 Å². The van der Waals surface area contributed by atoms with Crippen LogP contribution in [0.25, 0.3) is 10.9 Å². The molecule has 0 radical (unpaired) electrons. The molecule has 1 aliphatic rings. The maximum absolute atomic E-state index is 12.8. The van der Waals surface area contributed by atoms with Crippen LogP contribution in [0.4, 0.5) is 0 Å². The van der Waals surface area contributed by atoms with E-state index < -0.39 is 0 Å². The van der Waals surface area contributed by atoms with Gasteiger partial charge in [-0.05, 0) is 37.3 Å². The summed E-state index contributed by atoms with van der Waals surface area (Å²) in [4.78, 5) is 17.2. The summed E-state index contributed by atoms with van der Waals surface area (Å²) in [6.07, 6.45) is 8.65. The zero-order chi connectivity index (χ0) is 16.3. The van der Waals surface area contributed by atoms with Crippen LogP contribution in [-0.4, -0.2) is 16.4 Å². The first-order chi connectivity index (χ1) is 11.1. The predicted octanol–water partition coefficient (Wildman–Crippen LogP) is 4.71. The SMILES string of the molecule is CC(C)CC1(NC(=O)c2cnc3ccccc3c2)CCCCC1. The largest absolute Gasteiger partial charge is 0.347 e. The Bertz CT molecular complexity index is 687. The number of fused-ring (bicyclic) bond motifs is 1. The molecule has 0 spiro atoms. The van der Waals surface area contributed by atoms with Crippen LogP contribution >= 0.6 is 0 Å². The molecule has 0 aliphatic heterocycles. The molecule has 1 saturated carbocycles. The summed E-state index contributed by atoms with van der Waals surface area (Å²) in [5, 5.41) is 4.38. The molecule has 1 aromatic carbocycles. The van der Waals surface area contributed by atoms with Crippen LogP contribution in [0.15, 0.2) is 36.5 Å². The lowest BCUT2D eigenvalue weighted by molar-refractivity contribution is 0.0846. The lowest BCUT2D eigenvalue weighted by Gasteiger charge is -2.39. The second kappa shape index (κ2) is 6.69. The fraction of sp³-hybridized carbons (Fsp3) is 0.500. The molecule has 1 fully saturated rings. The van der Waals surface area contributed by atoms with Crippen molar-refractivity contribution in [2.45, 2.75) is 57.9 Å². The first kappa shape index (κ1) is 16.0. The molecule has 122 valence electrons. The van der Waals surface area contributed by atoms with Gasteiger partial charge in [-0.1, -0.05) is 51.3 Å². The lowest BCUT2D eigenvalue weighted by Crippen LogP contribution is -2.50. The Labute approximate surface area is 138 Å². The monoisotopic (exact) mass is 310 g/mol. The maximum Gasteiger partial charge on any atom is 0.253 e. The highest BCUT2D eigenvalue weighted by molar-refractivity contribution is 5.97. The minimum absolute atomic E-state index is 0.0193. The number of hydrogen-bond donors (Lipinski definition) is 1. The number of aromatic nitrogens is 1. The summed E-state index contributed by atoms with van der Waals surface area (Å²) in [5.41, 5.74) is 1.56. The van der Waals surface area contributed by atoms with Crippen molar-refractivity contribution in [3.8, 4) is 0 Å². The molecule has 1 N–H and O–H groups in total. The van der Waals surface area contributed by atoms with Gasteiger partial charge in [0.05, 0.1) is 11.1 Å². The second-order valence-corrected chi connectivity index (χ2v) is 7.31. The molecule has 2 aromatic rings. The summed E-state index contributed by atoms with van der Waals surface area (Å²) in [6, 6.07) is 9.87. The van der Waals surface area contributed by atoms with Crippen molar-refractivity contribution < 1.29 is 4.79 Å². The summed E-state index contributed by atoms with van der Waals surface area (Å²) in [7, 11) is 0. The Morgan fingerprint density at radius 2 is 1.96 bits per heavy atom. The van der Waals surface area contributed by atoms with Gasteiger partial charge in [-0.15, -0.1) is 0 Å². The smallest absolute Gasteiger partial charge is 0.253 e. The normalized spacial score (nSPS) is 17.3. The number of amides is 1. The van der Waals surface area contributed by atoms with Gasteiger partial charge in [0.2, 0.25) is 0 Å². The third kappa shape index (κ3) is 3.72. The molecule has 0 bridgehead atoms. The third-order valence-electron chi connectivity index (χ3n) is 4.84. The Hall–Kier alpha value is -1.90. The van der Waals surface area contributed by atoms with E-state index in [9.17, 15) is 4.79 Å². The number of para-hydroxylation sites is 1. The van der Waals surface area contributed by atoms with Crippen LogP contribution in [-0.2, 0) is 0 Å². The van der Waals surface area contributed by atoms with E-state index in [2.05, 4.69) is 24.1 Å². The summed E-state index contributed by atoms with van der Waals surface area (Å²) in [6.45, 7) is 4.47. The minimum Gasteiger partial charge on any atom is -0.347 e. The predicted molar refractivity (Wildman–Crippen MR) is 94.5 cm³/mol. The lowest BCUT2D eigenvalue weighted by atomic mass is 9.76. The Balaban J connectivity index is 1.82. The van der Waals surface area contributed by atoms with Crippen LogP contribution in [0.5, 0.6) is 0 Å². The Kier molecular flexibility index (Phi) is 4.65. The maximum atomic E-state index is 12.8. The number of benzene rings is 1. The van der Waals surface area contributed by atoms with Crippen molar-refractivity contribution in [1.82, 2.24) is 10.3 Å². The molecule has 1 aliphatic carbocycles. The van der Waals surface area contributed by atoms with Gasteiger partial charge in [0.15, 0.2) is 0 Å². The van der Waals surface area contributed by atoms with Gasteiger partial charge in [-0.25, -0.2) is 0 Å². The van der Waals surface area contributed by atoms with Gasteiger partial charge in [-0.2, -0.15) is 0 Å². The minimum atomic E-state index is -0.0326. The highest BCUT2D eigenvalue weighted by Gasteiger charge is 2.34. The molecule has 1 amide bonds. The van der Waals surface area contributed by atoms with E-state index in [0.29, 0.717) is 11.5 Å². The number of nitrogens with zero attached hydrogens (tertiary/aromatic N) is 1. The molecule has 3 nitrogen and oxygen atoms in total. The molecule has 3 heteroatoms. The van der Waals surface area contributed by atoms with E-state index in [1.165, 1.54) is 19.3 Å². The summed E-state index contributed by atoms with van der Waals surface area (Å²) in [5.74, 6) is 0.605. The van der Waals surface area contributed by atoms with Crippen molar-refractivity contribution in [3.63, 3.8) is 0 Å². The number of carbonyl (C=O) groups is 1. The quantitative estimate of drug-likeness (QED) is 0.888. The molecular weight excluding hydrogens is 284 g/mol. The standard InChI is InChI=1S/C20H26N2O/c1-15(2)13-20(10-6-3-7-11-20)22-19(23)17-12-16-8-4-5-9-18(16)21-14-17/h4-5,8-9,12,14-15H,3,6-7,10-11,13H2,1-2H3,(H,22,23). The number of pyridine rings is 1. The molecule has 23 heavy (non-hydrogen) atoms. The third-order valence-corrected chi connectivity index (χ3v) is 4.84. The van der Waals surface area contributed by atoms with Crippen molar-refractivity contribution in [3.05, 3.63) is 42.1 Å². The Morgan fingerprint density at radius 1 is 1.22 bits per heavy atom. The average Bonchev–Trinajstić information content (AvgIpc) is 2.54. The van der Waals surface area contributed by atoms with Crippen LogP contribution in [0.2, 0.25) is 0 Å². The van der Waals surface area contributed by atoms with Gasteiger partial charge in [0, 0.05) is 17.1 Å². The molecule has 0 atom stereocenters. The van der Waals surface area contributed by atoms with Gasteiger partial charge in [0.1, 0.15) is 0 Å². The van der Waals surface area contributed by atoms with Crippen molar-refractivity contribution in [1.29, 1.82) is 0 Å².